The van der Waals surface area contributed by atoms with Gasteiger partial charge in [0.15, 0.2) is 5.72 Å². The Morgan fingerprint density at radius 2 is 2.11 bits per heavy atom. The van der Waals surface area contributed by atoms with Crippen molar-refractivity contribution in [1.82, 2.24) is 5.32 Å². The highest BCUT2D eigenvalue weighted by Crippen LogP contribution is 2.61. The van der Waals surface area contributed by atoms with Gasteiger partial charge in [-0.05, 0) is 31.4 Å². The first-order valence-electron chi connectivity index (χ1n) is 9.04. The first-order chi connectivity index (χ1) is 13.3. The van der Waals surface area contributed by atoms with Crippen molar-refractivity contribution in [1.29, 1.82) is 0 Å². The predicted octanol–water partition coefficient (Wildman–Crippen LogP) is 3.83. The minimum absolute atomic E-state index is 0.210. The molecule has 1 N–H and O–H groups in total. The number of benzene rings is 1. The average molecular weight is 446 g/mol. The molecule has 0 spiro atoms. The third-order valence-corrected chi connectivity index (χ3v) is 6.19. The number of rotatable bonds is 2. The second-order valence-corrected chi connectivity index (χ2v) is 9.26. The van der Waals surface area contributed by atoms with Crippen LogP contribution >= 0.6 is 34.8 Å². The molecule has 9 heteroatoms. The second-order valence-electron chi connectivity index (χ2n) is 6.98. The van der Waals surface area contributed by atoms with Crippen molar-refractivity contribution in [3.63, 3.8) is 0 Å². The molecule has 4 rings (SSSR count). The number of hydrogen-bond donors (Lipinski definition) is 1. The molecule has 0 unspecified atom stereocenters. The van der Waals surface area contributed by atoms with Crippen LogP contribution in [0.4, 0.5) is 10.5 Å². The van der Waals surface area contributed by atoms with Gasteiger partial charge in [0.05, 0.1) is 30.4 Å². The summed E-state index contributed by atoms with van der Waals surface area (Å²) in [7, 11) is 0. The molecule has 1 aromatic rings. The van der Waals surface area contributed by atoms with Gasteiger partial charge < -0.3 is 14.8 Å². The van der Waals surface area contributed by atoms with E-state index in [-0.39, 0.29) is 6.61 Å². The highest BCUT2D eigenvalue weighted by molar-refractivity contribution is 6.76. The summed E-state index contributed by atoms with van der Waals surface area (Å²) in [5.41, 5.74) is -0.173. The van der Waals surface area contributed by atoms with Gasteiger partial charge >= 0.3 is 6.09 Å². The Morgan fingerprint density at radius 1 is 1.36 bits per heavy atom. The maximum absolute atomic E-state index is 13.0. The Hall–Kier alpha value is -1.47. The first-order valence-corrected chi connectivity index (χ1v) is 10.2. The lowest BCUT2D eigenvalue weighted by Gasteiger charge is -2.49. The third kappa shape index (κ3) is 2.58. The van der Waals surface area contributed by atoms with E-state index < -0.39 is 33.0 Å². The first kappa shape index (κ1) is 19.8. The minimum Gasteiger partial charge on any atom is -0.449 e. The highest BCUT2D eigenvalue weighted by atomic mass is 35.6. The number of carbonyl (C=O) groups excluding carboxylic acids is 2. The maximum atomic E-state index is 13.0. The van der Waals surface area contributed by atoms with Gasteiger partial charge in [0.25, 0.3) is 9.70 Å². The van der Waals surface area contributed by atoms with E-state index in [0.717, 1.165) is 5.56 Å². The average Bonchev–Trinajstić information content (AvgIpc) is 3.14. The van der Waals surface area contributed by atoms with Crippen LogP contribution in [0, 0.1) is 0 Å². The molecule has 0 aromatic heterocycles. The molecule has 1 saturated heterocycles. The van der Waals surface area contributed by atoms with Gasteiger partial charge in [-0.15, -0.1) is 0 Å². The van der Waals surface area contributed by atoms with Crippen LogP contribution in [0.15, 0.2) is 36.4 Å². The lowest BCUT2D eigenvalue weighted by atomic mass is 9.67. The fourth-order valence-corrected chi connectivity index (χ4v) is 4.90. The van der Waals surface area contributed by atoms with E-state index in [1.807, 2.05) is 30.3 Å². The van der Waals surface area contributed by atoms with Crippen LogP contribution in [0.5, 0.6) is 0 Å². The zero-order valence-electron chi connectivity index (χ0n) is 15.1. The number of ether oxygens (including phenoxy) is 2. The summed E-state index contributed by atoms with van der Waals surface area (Å²) in [6, 6.07) is 6.97. The van der Waals surface area contributed by atoms with E-state index in [1.165, 1.54) is 4.90 Å². The van der Waals surface area contributed by atoms with Gasteiger partial charge in [0.2, 0.25) is 0 Å². The largest absolute Gasteiger partial charge is 0.449 e. The number of nitrogens with zero attached hydrogens (tertiary/aromatic N) is 1. The van der Waals surface area contributed by atoms with Crippen LogP contribution in [0.3, 0.4) is 0 Å². The molecule has 2 amide bonds. The molecule has 0 radical (unpaired) electrons. The Bertz CT molecular complexity index is 856. The number of anilines is 1. The topological polar surface area (TPSA) is 67.9 Å². The van der Waals surface area contributed by atoms with Crippen molar-refractivity contribution < 1.29 is 19.1 Å². The summed E-state index contributed by atoms with van der Waals surface area (Å²) in [6.07, 6.45) is 4.56. The molecule has 0 saturated carbocycles. The summed E-state index contributed by atoms with van der Waals surface area (Å²) in [5, 5.41) is 2.79. The molecule has 3 atom stereocenters. The van der Waals surface area contributed by atoms with Gasteiger partial charge in [0, 0.05) is 0 Å². The Kier molecular flexibility index (Phi) is 4.82. The molecule has 3 aliphatic rings. The fraction of sp³-hybridized carbons (Fsp3) is 0.474. The van der Waals surface area contributed by atoms with E-state index in [9.17, 15) is 9.59 Å². The number of fused-ring (bicyclic) bond motifs is 1. The molecule has 2 heterocycles. The Labute approximate surface area is 177 Å². The van der Waals surface area contributed by atoms with Gasteiger partial charge in [-0.1, -0.05) is 65.2 Å². The monoisotopic (exact) mass is 444 g/mol. The van der Waals surface area contributed by atoms with E-state index >= 15 is 0 Å². The van der Waals surface area contributed by atoms with E-state index in [0.29, 0.717) is 25.1 Å². The number of halogens is 3. The van der Waals surface area contributed by atoms with Gasteiger partial charge in [-0.25, -0.2) is 9.69 Å². The number of amides is 2. The fourth-order valence-electron chi connectivity index (χ4n) is 4.74. The number of hydrogen-bond acceptors (Lipinski definition) is 4. The number of para-hydroxylation sites is 1. The second kappa shape index (κ2) is 6.80. The Balaban J connectivity index is 1.88. The van der Waals surface area contributed by atoms with Gasteiger partial charge in [-0.3, -0.25) is 4.79 Å². The van der Waals surface area contributed by atoms with Crippen molar-refractivity contribution in [2.45, 2.75) is 40.7 Å². The lowest BCUT2D eigenvalue weighted by molar-refractivity contribution is -0.124. The van der Waals surface area contributed by atoms with Crippen molar-refractivity contribution >= 4 is 52.5 Å². The van der Waals surface area contributed by atoms with E-state index in [1.54, 1.807) is 6.92 Å². The van der Waals surface area contributed by atoms with Crippen molar-refractivity contribution in [2.75, 3.05) is 18.1 Å². The van der Waals surface area contributed by atoms with Crippen LogP contribution in [-0.2, 0) is 19.7 Å². The molecule has 1 aliphatic carbocycles. The van der Waals surface area contributed by atoms with Crippen molar-refractivity contribution in [3.8, 4) is 0 Å². The molecule has 150 valence electrons. The molecular weight excluding hydrogens is 427 g/mol. The van der Waals surface area contributed by atoms with Gasteiger partial charge in [-0.2, -0.15) is 0 Å². The Morgan fingerprint density at radius 3 is 2.82 bits per heavy atom. The van der Waals surface area contributed by atoms with Crippen LogP contribution in [0.1, 0.15) is 25.3 Å². The molecule has 0 bridgehead atoms. The van der Waals surface area contributed by atoms with Crippen molar-refractivity contribution in [3.05, 3.63) is 42.0 Å². The summed E-state index contributed by atoms with van der Waals surface area (Å²) in [4.78, 5) is 27.0. The molecular formula is C19H19Cl3N2O4. The molecule has 1 fully saturated rings. The van der Waals surface area contributed by atoms with E-state index in [2.05, 4.69) is 11.4 Å². The summed E-state index contributed by atoms with van der Waals surface area (Å²) < 4.78 is 9.50. The normalized spacial score (nSPS) is 30.4. The summed E-state index contributed by atoms with van der Waals surface area (Å²) in [6.45, 7) is 2.36. The zero-order valence-corrected chi connectivity index (χ0v) is 17.4. The third-order valence-electron chi connectivity index (χ3n) is 5.68. The van der Waals surface area contributed by atoms with Crippen LogP contribution < -0.4 is 10.2 Å². The molecule has 6 nitrogen and oxygen atoms in total. The number of carbonyl (C=O) groups is 2. The summed E-state index contributed by atoms with van der Waals surface area (Å²) >= 11 is 17.3. The standard InChI is InChI=1S/C19H19Cl3N2O4/c1-2-27-16(26)24-13-7-4-3-6-12(13)17-9-5-8-14(18(17,24)28-11-10-17)23-15(25)19(20,21)22/h3-7,9,14H,2,8,10-11H2,1H3,(H,23,25)/t14-,17-,18-/m0/s1. The highest BCUT2D eigenvalue weighted by Gasteiger charge is 2.71. The maximum Gasteiger partial charge on any atom is 0.416 e. The molecule has 28 heavy (non-hydrogen) atoms. The minimum atomic E-state index is -2.13. The van der Waals surface area contributed by atoms with Crippen molar-refractivity contribution in [2.24, 2.45) is 0 Å². The summed E-state index contributed by atoms with van der Waals surface area (Å²) in [5.74, 6) is -0.767. The molecule has 1 aromatic carbocycles. The smallest absolute Gasteiger partial charge is 0.416 e. The zero-order chi connectivity index (χ0) is 20.2. The van der Waals surface area contributed by atoms with Crippen LogP contribution in [0.25, 0.3) is 0 Å². The predicted molar refractivity (Wildman–Crippen MR) is 107 cm³/mol. The lowest BCUT2D eigenvalue weighted by Crippen LogP contribution is -2.70. The van der Waals surface area contributed by atoms with Crippen LogP contribution in [0.2, 0.25) is 0 Å². The number of nitrogens with one attached hydrogen (secondary N) is 1. The van der Waals surface area contributed by atoms with E-state index in [4.69, 9.17) is 44.3 Å². The quantitative estimate of drug-likeness (QED) is 0.555. The van der Waals surface area contributed by atoms with Gasteiger partial charge in [0.1, 0.15) is 0 Å². The van der Waals surface area contributed by atoms with Crippen LogP contribution in [-0.4, -0.2) is 40.8 Å². The number of alkyl halides is 3. The SMILES string of the molecule is CCOC(=O)N1c2ccccc2[C@@]23C=CC[C@H](NC(=O)C(Cl)(Cl)Cl)[C@@]12OCC3. The molecule has 2 aliphatic heterocycles.